The van der Waals surface area contributed by atoms with Crippen molar-refractivity contribution in [2.75, 3.05) is 6.54 Å². The van der Waals surface area contributed by atoms with Crippen LogP contribution in [0.2, 0.25) is 0 Å². The Balaban J connectivity index is 1.85. The molecule has 120 valence electrons. The van der Waals surface area contributed by atoms with Crippen LogP contribution in [0.1, 0.15) is 30.4 Å². The molecule has 1 unspecified atom stereocenters. The normalized spacial score (nSPS) is 23.2. The molecular weight excluding hydrogens is 306 g/mol. The van der Waals surface area contributed by atoms with Crippen molar-refractivity contribution >= 4 is 16.1 Å². The molecule has 1 aromatic carbocycles. The monoisotopic (exact) mass is 325 g/mol. The minimum atomic E-state index is -3.74. The van der Waals surface area contributed by atoms with E-state index in [9.17, 15) is 13.2 Å². The molecule has 0 radical (unpaired) electrons. The number of nitrogens with one attached hydrogen (secondary N) is 1. The second kappa shape index (κ2) is 5.96. The van der Waals surface area contributed by atoms with E-state index in [2.05, 4.69) is 0 Å². The maximum Gasteiger partial charge on any atom is 0.283 e. The van der Waals surface area contributed by atoms with Crippen molar-refractivity contribution in [3.8, 4) is 0 Å². The first kappa shape index (κ1) is 15.4. The molecule has 2 N–H and O–H groups in total. The molecular formula is C14H19N3O4S. The van der Waals surface area contributed by atoms with Gasteiger partial charge in [0.2, 0.25) is 0 Å². The lowest BCUT2D eigenvalue weighted by atomic mass is 10.0. The number of hydrogen-bond acceptors (Lipinski definition) is 4. The zero-order valence-electron chi connectivity index (χ0n) is 12.1. The minimum absolute atomic E-state index is 0.299. The van der Waals surface area contributed by atoms with Crippen molar-refractivity contribution in [2.45, 2.75) is 38.4 Å². The largest absolute Gasteiger partial charge is 0.289 e. The van der Waals surface area contributed by atoms with Gasteiger partial charge in [0.1, 0.15) is 6.04 Å². The van der Waals surface area contributed by atoms with Gasteiger partial charge in [-0.25, -0.2) is 5.48 Å². The van der Waals surface area contributed by atoms with Gasteiger partial charge < -0.3 is 0 Å². The molecule has 0 bridgehead atoms. The van der Waals surface area contributed by atoms with E-state index in [-0.39, 0.29) is 0 Å². The zero-order valence-corrected chi connectivity index (χ0v) is 12.9. The van der Waals surface area contributed by atoms with Gasteiger partial charge in [-0.2, -0.15) is 17.0 Å². The van der Waals surface area contributed by atoms with Gasteiger partial charge in [0.05, 0.1) is 0 Å². The molecule has 22 heavy (non-hydrogen) atoms. The van der Waals surface area contributed by atoms with Crippen LogP contribution in [0.15, 0.2) is 24.3 Å². The molecule has 2 aliphatic heterocycles. The summed E-state index contributed by atoms with van der Waals surface area (Å²) >= 11 is 0. The van der Waals surface area contributed by atoms with Gasteiger partial charge in [0.15, 0.2) is 0 Å². The third-order valence-electron chi connectivity index (χ3n) is 4.30. The van der Waals surface area contributed by atoms with Crippen molar-refractivity contribution in [3.05, 3.63) is 35.4 Å². The zero-order chi connectivity index (χ0) is 15.7. The predicted octanol–water partition coefficient (Wildman–Crippen LogP) is 0.607. The molecule has 3 rings (SSSR count). The fraction of sp³-hybridized carbons (Fsp3) is 0.500. The number of hydroxylamine groups is 1. The van der Waals surface area contributed by atoms with E-state index in [1.165, 1.54) is 8.61 Å². The lowest BCUT2D eigenvalue weighted by Crippen LogP contribution is -2.54. The van der Waals surface area contributed by atoms with E-state index in [1.54, 1.807) is 5.48 Å². The van der Waals surface area contributed by atoms with Gasteiger partial charge in [-0.05, 0) is 24.0 Å². The topological polar surface area (TPSA) is 90.0 Å². The third-order valence-corrected chi connectivity index (χ3v) is 6.24. The summed E-state index contributed by atoms with van der Waals surface area (Å²) in [5.74, 6) is -0.667. The van der Waals surface area contributed by atoms with Crippen molar-refractivity contribution in [2.24, 2.45) is 0 Å². The molecule has 2 aliphatic rings. The summed E-state index contributed by atoms with van der Waals surface area (Å²) in [6.45, 7) is 0.943. The van der Waals surface area contributed by atoms with Crippen LogP contribution in [0.5, 0.6) is 0 Å². The summed E-state index contributed by atoms with van der Waals surface area (Å²) in [4.78, 5) is 11.8. The first-order valence-corrected chi connectivity index (χ1v) is 8.71. The summed E-state index contributed by atoms with van der Waals surface area (Å²) in [7, 11) is -3.74. The third kappa shape index (κ3) is 2.63. The Morgan fingerprint density at radius 2 is 1.82 bits per heavy atom. The molecule has 0 saturated carbocycles. The Bertz CT molecular complexity index is 651. The average Bonchev–Trinajstić information content (AvgIpc) is 2.99. The highest BCUT2D eigenvalue weighted by atomic mass is 32.2. The SMILES string of the molecule is O=C(NO)C1CCCCN1S(=O)(=O)N1Cc2ccccc2C1. The Hall–Kier alpha value is -1.48. The van der Waals surface area contributed by atoms with Crippen LogP contribution >= 0.6 is 0 Å². The fourth-order valence-electron chi connectivity index (χ4n) is 3.13. The fourth-order valence-corrected chi connectivity index (χ4v) is 4.91. The Labute approximate surface area is 129 Å². The van der Waals surface area contributed by atoms with E-state index in [0.717, 1.165) is 24.0 Å². The number of hydrogen-bond donors (Lipinski definition) is 2. The second-order valence-electron chi connectivity index (χ2n) is 5.64. The van der Waals surface area contributed by atoms with Gasteiger partial charge >= 0.3 is 0 Å². The smallest absolute Gasteiger partial charge is 0.283 e. The van der Waals surface area contributed by atoms with E-state index >= 15 is 0 Å². The Morgan fingerprint density at radius 3 is 2.41 bits per heavy atom. The summed E-state index contributed by atoms with van der Waals surface area (Å²) < 4.78 is 28.4. The van der Waals surface area contributed by atoms with Crippen molar-refractivity contribution in [1.29, 1.82) is 0 Å². The van der Waals surface area contributed by atoms with E-state index in [4.69, 9.17) is 5.21 Å². The van der Waals surface area contributed by atoms with Gasteiger partial charge in [0.25, 0.3) is 16.1 Å². The second-order valence-corrected chi connectivity index (χ2v) is 7.52. The highest BCUT2D eigenvalue weighted by Crippen LogP contribution is 2.29. The molecule has 1 fully saturated rings. The lowest BCUT2D eigenvalue weighted by molar-refractivity contribution is -0.134. The molecule has 8 heteroatoms. The molecule has 0 aliphatic carbocycles. The van der Waals surface area contributed by atoms with E-state index in [0.29, 0.717) is 26.1 Å². The lowest BCUT2D eigenvalue weighted by Gasteiger charge is -2.35. The molecule has 1 aromatic rings. The molecule has 0 spiro atoms. The number of nitrogens with zero attached hydrogens (tertiary/aromatic N) is 2. The Morgan fingerprint density at radius 1 is 1.18 bits per heavy atom. The van der Waals surface area contributed by atoms with Gasteiger partial charge in [-0.1, -0.05) is 30.7 Å². The maximum atomic E-state index is 12.9. The van der Waals surface area contributed by atoms with Crippen molar-refractivity contribution in [1.82, 2.24) is 14.1 Å². The van der Waals surface area contributed by atoms with Gasteiger partial charge in [-0.3, -0.25) is 10.0 Å². The quantitative estimate of drug-likeness (QED) is 0.629. The van der Waals surface area contributed by atoms with Crippen LogP contribution in [0, 0.1) is 0 Å². The molecule has 2 heterocycles. The number of piperidine rings is 1. The summed E-state index contributed by atoms with van der Waals surface area (Å²) in [6.07, 6.45) is 1.91. The summed E-state index contributed by atoms with van der Waals surface area (Å²) in [5.41, 5.74) is 3.56. The first-order chi connectivity index (χ1) is 10.5. The Kier molecular flexibility index (Phi) is 4.18. The number of carbonyl (C=O) groups is 1. The van der Waals surface area contributed by atoms with Gasteiger partial charge in [-0.15, -0.1) is 0 Å². The predicted molar refractivity (Wildman–Crippen MR) is 78.9 cm³/mol. The first-order valence-electron chi connectivity index (χ1n) is 7.31. The highest BCUT2D eigenvalue weighted by Gasteiger charge is 2.41. The van der Waals surface area contributed by atoms with Crippen LogP contribution in [-0.4, -0.2) is 40.7 Å². The molecule has 7 nitrogen and oxygen atoms in total. The minimum Gasteiger partial charge on any atom is -0.289 e. The van der Waals surface area contributed by atoms with Crippen LogP contribution in [0.3, 0.4) is 0 Å². The maximum absolute atomic E-state index is 12.9. The number of benzene rings is 1. The van der Waals surface area contributed by atoms with Crippen LogP contribution < -0.4 is 5.48 Å². The number of rotatable bonds is 3. The summed E-state index contributed by atoms with van der Waals surface area (Å²) in [6, 6.07) is 6.76. The summed E-state index contributed by atoms with van der Waals surface area (Å²) in [5, 5.41) is 8.84. The van der Waals surface area contributed by atoms with Crippen molar-refractivity contribution in [3.63, 3.8) is 0 Å². The van der Waals surface area contributed by atoms with Crippen molar-refractivity contribution < 1.29 is 18.4 Å². The van der Waals surface area contributed by atoms with E-state index < -0.39 is 22.2 Å². The molecule has 0 aromatic heterocycles. The average molecular weight is 325 g/mol. The highest BCUT2D eigenvalue weighted by molar-refractivity contribution is 7.86. The van der Waals surface area contributed by atoms with Crippen LogP contribution in [-0.2, 0) is 28.1 Å². The standard InChI is InChI=1S/C14H19N3O4S/c18-14(15-19)13-7-3-4-8-17(13)22(20,21)16-9-11-5-1-2-6-12(11)10-16/h1-2,5-6,13,19H,3-4,7-10H2,(H,15,18). The molecule has 1 amide bonds. The van der Waals surface area contributed by atoms with Crippen LogP contribution in [0.4, 0.5) is 0 Å². The van der Waals surface area contributed by atoms with Gasteiger partial charge in [0, 0.05) is 19.6 Å². The molecule has 1 atom stereocenters. The number of fused-ring (bicyclic) bond motifs is 1. The van der Waals surface area contributed by atoms with E-state index in [1.807, 2.05) is 24.3 Å². The van der Waals surface area contributed by atoms with Crippen LogP contribution in [0.25, 0.3) is 0 Å². The number of amides is 1. The number of carbonyl (C=O) groups excluding carboxylic acids is 1. The molecule has 1 saturated heterocycles.